The average molecular weight is 567 g/mol. The first-order valence-corrected chi connectivity index (χ1v) is 15.3. The molecule has 3 heterocycles. The van der Waals surface area contributed by atoms with Crippen molar-refractivity contribution in [3.8, 4) is 22.3 Å². The minimum absolute atomic E-state index is 0.867. The molecule has 0 atom stereocenters. The van der Waals surface area contributed by atoms with E-state index in [4.69, 9.17) is 8.83 Å². The minimum Gasteiger partial charge on any atom is -0.464 e. The van der Waals surface area contributed by atoms with E-state index >= 15 is 0 Å². The SMILES string of the molecule is c1cc(-c2c3ccccc3c(-c3ccc4sc5ccccc5c4c3)c3ccccc23)c2c(c1)oc1cc3ccoc3cc12. The van der Waals surface area contributed by atoms with Gasteiger partial charge in [0, 0.05) is 36.3 Å². The normalized spacial score (nSPS) is 12.2. The summed E-state index contributed by atoms with van der Waals surface area (Å²) >= 11 is 1.86. The van der Waals surface area contributed by atoms with Crippen molar-refractivity contribution in [2.75, 3.05) is 0 Å². The number of thiophene rings is 1. The van der Waals surface area contributed by atoms with Crippen LogP contribution in [0.3, 0.4) is 0 Å². The van der Waals surface area contributed by atoms with Crippen molar-refractivity contribution >= 4 is 86.0 Å². The second-order valence-electron chi connectivity index (χ2n) is 11.2. The number of hydrogen-bond donors (Lipinski definition) is 0. The van der Waals surface area contributed by atoms with E-state index in [1.807, 2.05) is 17.4 Å². The van der Waals surface area contributed by atoms with Gasteiger partial charge in [-0.25, -0.2) is 0 Å². The molecule has 0 radical (unpaired) electrons. The Morgan fingerprint density at radius 1 is 0.442 bits per heavy atom. The van der Waals surface area contributed by atoms with Crippen LogP contribution in [-0.2, 0) is 0 Å². The molecule has 2 nitrogen and oxygen atoms in total. The third kappa shape index (κ3) is 3.23. The van der Waals surface area contributed by atoms with Crippen LogP contribution in [0, 0.1) is 0 Å². The van der Waals surface area contributed by atoms with Crippen molar-refractivity contribution in [1.29, 1.82) is 0 Å². The maximum absolute atomic E-state index is 6.44. The van der Waals surface area contributed by atoms with Gasteiger partial charge in [0.25, 0.3) is 0 Å². The maximum Gasteiger partial charge on any atom is 0.136 e. The highest BCUT2D eigenvalue weighted by atomic mass is 32.1. The van der Waals surface area contributed by atoms with Gasteiger partial charge in [-0.2, -0.15) is 0 Å². The van der Waals surface area contributed by atoms with Gasteiger partial charge >= 0.3 is 0 Å². The molecule has 7 aromatic carbocycles. The van der Waals surface area contributed by atoms with Gasteiger partial charge < -0.3 is 8.83 Å². The molecule has 0 aliphatic heterocycles. The third-order valence-electron chi connectivity index (χ3n) is 8.94. The van der Waals surface area contributed by atoms with Crippen LogP contribution in [0.25, 0.3) is 96.9 Å². The minimum atomic E-state index is 0.867. The van der Waals surface area contributed by atoms with Crippen molar-refractivity contribution in [3.05, 3.63) is 134 Å². The highest BCUT2D eigenvalue weighted by molar-refractivity contribution is 7.25. The van der Waals surface area contributed by atoms with Crippen LogP contribution in [0.4, 0.5) is 0 Å². The second-order valence-corrected chi connectivity index (χ2v) is 12.3. The maximum atomic E-state index is 6.44. The van der Waals surface area contributed by atoms with Crippen LogP contribution in [0.1, 0.15) is 0 Å². The van der Waals surface area contributed by atoms with Crippen LogP contribution in [0.5, 0.6) is 0 Å². The van der Waals surface area contributed by atoms with Crippen LogP contribution in [-0.4, -0.2) is 0 Å². The fourth-order valence-corrected chi connectivity index (χ4v) is 8.19. The third-order valence-corrected chi connectivity index (χ3v) is 10.1. The largest absolute Gasteiger partial charge is 0.464 e. The van der Waals surface area contributed by atoms with Gasteiger partial charge in [-0.1, -0.05) is 84.9 Å². The summed E-state index contributed by atoms with van der Waals surface area (Å²) in [6, 6.07) is 46.0. The van der Waals surface area contributed by atoms with Gasteiger partial charge in [0.05, 0.1) is 6.26 Å². The summed E-state index contributed by atoms with van der Waals surface area (Å²) in [5, 5.41) is 10.8. The van der Waals surface area contributed by atoms with Crippen molar-refractivity contribution < 1.29 is 8.83 Å². The summed E-state index contributed by atoms with van der Waals surface area (Å²) in [5.41, 5.74) is 7.53. The van der Waals surface area contributed by atoms with E-state index in [-0.39, 0.29) is 0 Å². The lowest BCUT2D eigenvalue weighted by molar-refractivity contribution is 0.616. The first kappa shape index (κ1) is 23.2. The summed E-state index contributed by atoms with van der Waals surface area (Å²) in [7, 11) is 0. The van der Waals surface area contributed by atoms with Gasteiger partial charge in [0.15, 0.2) is 0 Å². The lowest BCUT2D eigenvalue weighted by atomic mass is 9.84. The Labute approximate surface area is 250 Å². The Hall–Kier alpha value is -5.38. The molecule has 43 heavy (non-hydrogen) atoms. The summed E-state index contributed by atoms with van der Waals surface area (Å²) in [4.78, 5) is 0. The molecule has 0 saturated heterocycles. The van der Waals surface area contributed by atoms with E-state index in [9.17, 15) is 0 Å². The van der Waals surface area contributed by atoms with E-state index < -0.39 is 0 Å². The zero-order valence-electron chi connectivity index (χ0n) is 22.9. The topological polar surface area (TPSA) is 26.3 Å². The van der Waals surface area contributed by atoms with E-state index in [0.717, 1.165) is 32.9 Å². The molecule has 0 unspecified atom stereocenters. The van der Waals surface area contributed by atoms with Crippen molar-refractivity contribution in [2.24, 2.45) is 0 Å². The molecule has 0 N–H and O–H groups in total. The highest BCUT2D eigenvalue weighted by Gasteiger charge is 2.21. The number of benzene rings is 7. The summed E-state index contributed by atoms with van der Waals surface area (Å²) in [6.07, 6.45) is 1.74. The zero-order chi connectivity index (χ0) is 28.1. The molecule has 3 aromatic heterocycles. The van der Waals surface area contributed by atoms with Crippen molar-refractivity contribution in [3.63, 3.8) is 0 Å². The fraction of sp³-hybridized carbons (Fsp3) is 0. The molecule has 0 spiro atoms. The lowest BCUT2D eigenvalue weighted by Gasteiger charge is -2.18. The first-order valence-electron chi connectivity index (χ1n) is 14.5. The molecular weight excluding hydrogens is 545 g/mol. The Kier molecular flexibility index (Phi) is 4.63. The number of fused-ring (bicyclic) bond motifs is 9. The number of hydrogen-bond acceptors (Lipinski definition) is 3. The molecule has 200 valence electrons. The van der Waals surface area contributed by atoms with E-state index in [2.05, 4.69) is 121 Å². The van der Waals surface area contributed by atoms with E-state index in [1.165, 1.54) is 64.0 Å². The molecule has 0 bridgehead atoms. The molecule has 10 rings (SSSR count). The lowest BCUT2D eigenvalue weighted by Crippen LogP contribution is -1.91. The predicted molar refractivity (Wildman–Crippen MR) is 182 cm³/mol. The summed E-state index contributed by atoms with van der Waals surface area (Å²) in [6.45, 7) is 0. The molecule has 0 saturated carbocycles. The Morgan fingerprint density at radius 2 is 1.14 bits per heavy atom. The zero-order valence-corrected chi connectivity index (χ0v) is 23.7. The number of furan rings is 2. The second kappa shape index (κ2) is 8.57. The molecular formula is C40H22O2S. The van der Waals surface area contributed by atoms with Crippen LogP contribution >= 0.6 is 11.3 Å². The molecule has 0 aliphatic rings. The van der Waals surface area contributed by atoms with Gasteiger partial charge in [0.1, 0.15) is 16.7 Å². The van der Waals surface area contributed by atoms with Gasteiger partial charge in [-0.15, -0.1) is 11.3 Å². The van der Waals surface area contributed by atoms with Gasteiger partial charge in [-0.05, 0) is 86.3 Å². The fourth-order valence-electron chi connectivity index (χ4n) is 7.10. The standard InChI is InChI=1S/C40H22O2S/c1-3-11-28-26(9-1)38(24-16-17-37-31(20-24)25-8-5-6-15-36(25)43-37)27-10-2-4-12-29(27)39(28)30-13-7-14-33-40(30)32-22-34-23(18-19-41-34)21-35(32)42-33/h1-22H. The average Bonchev–Trinajstić information content (AvgIpc) is 3.77. The van der Waals surface area contributed by atoms with Crippen LogP contribution < -0.4 is 0 Å². The Bertz CT molecular complexity index is 2680. The summed E-state index contributed by atoms with van der Waals surface area (Å²) in [5.74, 6) is 0. The van der Waals surface area contributed by atoms with E-state index in [1.54, 1.807) is 6.26 Å². The number of rotatable bonds is 2. The predicted octanol–water partition coefficient (Wildman–Crippen LogP) is 12.3. The van der Waals surface area contributed by atoms with Crippen LogP contribution in [0.15, 0.2) is 142 Å². The molecule has 0 aliphatic carbocycles. The Balaban J connectivity index is 1.34. The van der Waals surface area contributed by atoms with Gasteiger partial charge in [-0.3, -0.25) is 0 Å². The van der Waals surface area contributed by atoms with Crippen LogP contribution in [0.2, 0.25) is 0 Å². The van der Waals surface area contributed by atoms with E-state index in [0.29, 0.717) is 0 Å². The summed E-state index contributed by atoms with van der Waals surface area (Å²) < 4.78 is 14.9. The first-order chi connectivity index (χ1) is 21.3. The molecule has 10 aromatic rings. The Morgan fingerprint density at radius 3 is 1.93 bits per heavy atom. The van der Waals surface area contributed by atoms with Crippen molar-refractivity contribution in [2.45, 2.75) is 0 Å². The van der Waals surface area contributed by atoms with Crippen molar-refractivity contribution in [1.82, 2.24) is 0 Å². The highest BCUT2D eigenvalue weighted by Crippen LogP contribution is 2.48. The van der Waals surface area contributed by atoms with Gasteiger partial charge in [0.2, 0.25) is 0 Å². The quantitative estimate of drug-likeness (QED) is 0.195. The smallest absolute Gasteiger partial charge is 0.136 e. The molecule has 3 heteroatoms. The molecule has 0 amide bonds. The molecule has 0 fully saturated rings. The monoisotopic (exact) mass is 566 g/mol.